The van der Waals surface area contributed by atoms with E-state index in [0.29, 0.717) is 13.0 Å². The zero-order valence-electron chi connectivity index (χ0n) is 12.7. The normalized spacial score (nSPS) is 10.8. The number of hydrogen-bond acceptors (Lipinski definition) is 5. The molecule has 1 N–H and O–H groups in total. The molecule has 0 aliphatic carbocycles. The van der Waals surface area contributed by atoms with Gasteiger partial charge in [0.1, 0.15) is 0 Å². The summed E-state index contributed by atoms with van der Waals surface area (Å²) in [6, 6.07) is 14.1. The van der Waals surface area contributed by atoms with Crippen LogP contribution in [0.4, 0.5) is 0 Å². The minimum absolute atomic E-state index is 0.146. The number of pyridine rings is 1. The Balaban J connectivity index is 1.83. The number of aliphatic hydroxyl groups is 1. The van der Waals surface area contributed by atoms with Gasteiger partial charge in [0, 0.05) is 36.9 Å². The van der Waals surface area contributed by atoms with E-state index in [0.717, 1.165) is 22.3 Å². The molecule has 0 unspecified atom stereocenters. The van der Waals surface area contributed by atoms with Gasteiger partial charge in [-0.1, -0.05) is 42.1 Å². The van der Waals surface area contributed by atoms with Crippen molar-refractivity contribution in [1.29, 1.82) is 0 Å². The number of aromatic nitrogens is 4. The van der Waals surface area contributed by atoms with E-state index >= 15 is 0 Å². The maximum absolute atomic E-state index is 9.15. The molecule has 3 rings (SSSR count). The topological polar surface area (TPSA) is 63.8 Å². The van der Waals surface area contributed by atoms with Crippen LogP contribution in [-0.4, -0.2) is 31.5 Å². The number of rotatable bonds is 7. The SMILES string of the molecule is OCCCn1c(SCc2ccccc2)nnc1-c1cccnc1. The molecule has 118 valence electrons. The first-order valence-electron chi connectivity index (χ1n) is 7.49. The minimum Gasteiger partial charge on any atom is -0.396 e. The van der Waals surface area contributed by atoms with Crippen LogP contribution >= 0.6 is 11.8 Å². The second-order valence-corrected chi connectivity index (χ2v) is 5.99. The molecule has 0 fully saturated rings. The maximum atomic E-state index is 9.15. The van der Waals surface area contributed by atoms with Crippen LogP contribution in [0.25, 0.3) is 11.4 Å². The summed E-state index contributed by atoms with van der Waals surface area (Å²) >= 11 is 1.65. The van der Waals surface area contributed by atoms with Gasteiger partial charge in [-0.2, -0.15) is 0 Å². The van der Waals surface area contributed by atoms with E-state index in [-0.39, 0.29) is 6.61 Å². The largest absolute Gasteiger partial charge is 0.396 e. The van der Waals surface area contributed by atoms with Gasteiger partial charge in [0.15, 0.2) is 11.0 Å². The first-order chi connectivity index (χ1) is 11.4. The Kier molecular flexibility index (Phi) is 5.39. The summed E-state index contributed by atoms with van der Waals surface area (Å²) in [5, 5.41) is 18.7. The van der Waals surface area contributed by atoms with Gasteiger partial charge in [-0.3, -0.25) is 4.98 Å². The number of hydrogen-bond donors (Lipinski definition) is 1. The Morgan fingerprint density at radius 1 is 1.04 bits per heavy atom. The Morgan fingerprint density at radius 3 is 2.65 bits per heavy atom. The average Bonchev–Trinajstić information content (AvgIpc) is 3.02. The van der Waals surface area contributed by atoms with Crippen LogP contribution in [0.5, 0.6) is 0 Å². The van der Waals surface area contributed by atoms with Crippen molar-refractivity contribution in [1.82, 2.24) is 19.7 Å². The number of nitrogens with zero attached hydrogens (tertiary/aromatic N) is 4. The second-order valence-electron chi connectivity index (χ2n) is 5.05. The zero-order valence-corrected chi connectivity index (χ0v) is 13.5. The van der Waals surface area contributed by atoms with Gasteiger partial charge in [0.25, 0.3) is 0 Å². The summed E-state index contributed by atoms with van der Waals surface area (Å²) in [6.07, 6.45) is 4.19. The fourth-order valence-electron chi connectivity index (χ4n) is 2.26. The summed E-state index contributed by atoms with van der Waals surface area (Å²) in [5.41, 5.74) is 2.18. The molecule has 0 saturated heterocycles. The monoisotopic (exact) mass is 326 g/mol. The summed E-state index contributed by atoms with van der Waals surface area (Å²) in [4.78, 5) is 4.15. The molecular formula is C17H18N4OS. The molecule has 2 heterocycles. The minimum atomic E-state index is 0.146. The highest BCUT2D eigenvalue weighted by Crippen LogP contribution is 2.26. The van der Waals surface area contributed by atoms with E-state index in [4.69, 9.17) is 5.11 Å². The standard InChI is InChI=1S/C17H18N4OS/c22-11-5-10-21-16(15-8-4-9-18-12-15)19-20-17(21)23-13-14-6-2-1-3-7-14/h1-4,6-9,12,22H,5,10-11,13H2. The Hall–Kier alpha value is -2.18. The molecular weight excluding hydrogens is 308 g/mol. The van der Waals surface area contributed by atoms with Crippen LogP contribution < -0.4 is 0 Å². The molecule has 6 heteroatoms. The fourth-order valence-corrected chi connectivity index (χ4v) is 3.18. The molecule has 0 aliphatic rings. The smallest absolute Gasteiger partial charge is 0.191 e. The van der Waals surface area contributed by atoms with Crippen molar-refractivity contribution >= 4 is 11.8 Å². The molecule has 0 bridgehead atoms. The second kappa shape index (κ2) is 7.89. The van der Waals surface area contributed by atoms with Crippen LogP contribution in [0.15, 0.2) is 60.0 Å². The van der Waals surface area contributed by atoms with Crippen LogP contribution in [0, 0.1) is 0 Å². The van der Waals surface area contributed by atoms with Crippen molar-refractivity contribution in [3.05, 3.63) is 60.4 Å². The van der Waals surface area contributed by atoms with Crippen molar-refractivity contribution in [2.45, 2.75) is 23.9 Å². The third-order valence-corrected chi connectivity index (χ3v) is 4.43. The van der Waals surface area contributed by atoms with Gasteiger partial charge in [-0.05, 0) is 24.1 Å². The molecule has 3 aromatic rings. The maximum Gasteiger partial charge on any atom is 0.191 e. The Bertz CT molecular complexity index is 731. The lowest BCUT2D eigenvalue weighted by Gasteiger charge is -2.09. The molecule has 0 aliphatic heterocycles. The highest BCUT2D eigenvalue weighted by atomic mass is 32.2. The summed E-state index contributed by atoms with van der Waals surface area (Å²) in [7, 11) is 0. The lowest BCUT2D eigenvalue weighted by atomic mass is 10.2. The molecule has 0 spiro atoms. The summed E-state index contributed by atoms with van der Waals surface area (Å²) in [5.74, 6) is 1.63. The molecule has 0 radical (unpaired) electrons. The van der Waals surface area contributed by atoms with Gasteiger partial charge in [-0.15, -0.1) is 10.2 Å². The van der Waals surface area contributed by atoms with Crippen LogP contribution in [0.2, 0.25) is 0 Å². The predicted octanol–water partition coefficient (Wildman–Crippen LogP) is 3.01. The average molecular weight is 326 g/mol. The van der Waals surface area contributed by atoms with Crippen molar-refractivity contribution in [2.75, 3.05) is 6.61 Å². The summed E-state index contributed by atoms with van der Waals surface area (Å²) in [6.45, 7) is 0.832. The predicted molar refractivity (Wildman–Crippen MR) is 91.0 cm³/mol. The first kappa shape index (κ1) is 15.7. The van der Waals surface area contributed by atoms with Gasteiger partial charge in [0.2, 0.25) is 0 Å². The highest BCUT2D eigenvalue weighted by Gasteiger charge is 2.14. The number of benzene rings is 1. The van der Waals surface area contributed by atoms with E-state index in [2.05, 4.69) is 31.9 Å². The third kappa shape index (κ3) is 3.97. The van der Waals surface area contributed by atoms with Gasteiger partial charge in [0.05, 0.1) is 0 Å². The van der Waals surface area contributed by atoms with E-state index < -0.39 is 0 Å². The lowest BCUT2D eigenvalue weighted by molar-refractivity contribution is 0.278. The van der Waals surface area contributed by atoms with Crippen LogP contribution in [0.3, 0.4) is 0 Å². The molecule has 5 nitrogen and oxygen atoms in total. The van der Waals surface area contributed by atoms with Crippen molar-refractivity contribution < 1.29 is 5.11 Å². The molecule has 2 aromatic heterocycles. The van der Waals surface area contributed by atoms with Gasteiger partial charge in [-0.25, -0.2) is 0 Å². The third-order valence-electron chi connectivity index (χ3n) is 3.39. The van der Waals surface area contributed by atoms with Gasteiger partial charge >= 0.3 is 0 Å². The van der Waals surface area contributed by atoms with Crippen LogP contribution in [0.1, 0.15) is 12.0 Å². The molecule has 0 saturated carbocycles. The van der Waals surface area contributed by atoms with E-state index in [1.165, 1.54) is 5.56 Å². The first-order valence-corrected chi connectivity index (χ1v) is 8.48. The molecule has 0 atom stereocenters. The van der Waals surface area contributed by atoms with Crippen molar-refractivity contribution in [2.24, 2.45) is 0 Å². The van der Waals surface area contributed by atoms with Crippen LogP contribution in [-0.2, 0) is 12.3 Å². The molecule has 0 amide bonds. The van der Waals surface area contributed by atoms with E-state index in [1.807, 2.05) is 30.3 Å². The lowest BCUT2D eigenvalue weighted by Crippen LogP contribution is -2.04. The Morgan fingerprint density at radius 2 is 1.91 bits per heavy atom. The van der Waals surface area contributed by atoms with E-state index in [1.54, 1.807) is 24.2 Å². The highest BCUT2D eigenvalue weighted by molar-refractivity contribution is 7.98. The molecule has 1 aromatic carbocycles. The quantitative estimate of drug-likeness (QED) is 0.676. The van der Waals surface area contributed by atoms with Gasteiger partial charge < -0.3 is 9.67 Å². The molecule has 23 heavy (non-hydrogen) atoms. The van der Waals surface area contributed by atoms with Crippen molar-refractivity contribution in [3.63, 3.8) is 0 Å². The fraction of sp³-hybridized carbons (Fsp3) is 0.235. The number of aliphatic hydroxyl groups excluding tert-OH is 1. The number of thioether (sulfide) groups is 1. The zero-order chi connectivity index (χ0) is 15.9. The summed E-state index contributed by atoms with van der Waals surface area (Å²) < 4.78 is 2.06. The van der Waals surface area contributed by atoms with E-state index in [9.17, 15) is 0 Å². The van der Waals surface area contributed by atoms with Crippen molar-refractivity contribution in [3.8, 4) is 11.4 Å². The Labute approximate surface area is 139 Å².